The van der Waals surface area contributed by atoms with Crippen molar-refractivity contribution in [3.05, 3.63) is 76.2 Å². The maximum Gasteiger partial charge on any atom is 0.422 e. The van der Waals surface area contributed by atoms with Crippen molar-refractivity contribution < 1.29 is 45.0 Å². The van der Waals surface area contributed by atoms with Crippen LogP contribution in [0.15, 0.2) is 48.5 Å². The molecule has 0 saturated carbocycles. The average Bonchev–Trinajstić information content (AvgIpc) is 2.87. The van der Waals surface area contributed by atoms with Crippen LogP contribution < -0.4 is 20.5 Å². The zero-order valence-electron chi connectivity index (χ0n) is 21.9. The summed E-state index contributed by atoms with van der Waals surface area (Å²) in [6.07, 6.45) is -9.50. The van der Waals surface area contributed by atoms with E-state index in [4.69, 9.17) is 22.1 Å². The highest BCUT2D eigenvalue weighted by molar-refractivity contribution is 6.31. The van der Waals surface area contributed by atoms with Gasteiger partial charge in [0.1, 0.15) is 11.7 Å². The van der Waals surface area contributed by atoms with Crippen LogP contribution in [0.2, 0.25) is 5.02 Å². The largest absolute Gasteiger partial charge is 0.493 e. The number of methoxy groups -OCH3 is 1. The Morgan fingerprint density at radius 3 is 2.27 bits per heavy atom. The van der Waals surface area contributed by atoms with Gasteiger partial charge in [0.05, 0.1) is 23.5 Å². The SMILES string of the molecule is COc1cc(C(=O)NCC(c2cc(C(C)(C)N)cc(-c3ccc(F)c(Cl)c3)n2)C(F)(F)F)ccc1OCC(F)(F)F. The molecule has 1 heterocycles. The number of amides is 1. The lowest BCUT2D eigenvalue weighted by atomic mass is 9.91. The van der Waals surface area contributed by atoms with Gasteiger partial charge in [0.15, 0.2) is 18.1 Å². The summed E-state index contributed by atoms with van der Waals surface area (Å²) >= 11 is 5.86. The number of pyridine rings is 1. The summed E-state index contributed by atoms with van der Waals surface area (Å²) in [5.41, 5.74) is 5.01. The Kier molecular flexibility index (Phi) is 9.44. The molecule has 0 aliphatic rings. The van der Waals surface area contributed by atoms with Crippen molar-refractivity contribution in [2.24, 2.45) is 5.73 Å². The van der Waals surface area contributed by atoms with Gasteiger partial charge < -0.3 is 20.5 Å². The summed E-state index contributed by atoms with van der Waals surface area (Å²) in [6, 6.07) is 9.37. The van der Waals surface area contributed by atoms with Gasteiger partial charge in [-0.2, -0.15) is 26.3 Å². The number of benzene rings is 2. The van der Waals surface area contributed by atoms with E-state index in [1.54, 1.807) is 13.8 Å². The second-order valence-corrected chi connectivity index (χ2v) is 10.00. The number of aromatic nitrogens is 1. The zero-order chi connectivity index (χ0) is 30.8. The number of rotatable bonds is 9. The predicted octanol–water partition coefficient (Wildman–Crippen LogP) is 6.76. The van der Waals surface area contributed by atoms with Crippen molar-refractivity contribution in [1.82, 2.24) is 10.3 Å². The molecule has 2 aromatic carbocycles. The van der Waals surface area contributed by atoms with Crippen LogP contribution in [0, 0.1) is 5.82 Å². The lowest BCUT2D eigenvalue weighted by Crippen LogP contribution is -2.36. The Morgan fingerprint density at radius 2 is 1.71 bits per heavy atom. The van der Waals surface area contributed by atoms with E-state index in [1.165, 1.54) is 24.3 Å². The lowest BCUT2D eigenvalue weighted by Gasteiger charge is -2.25. The van der Waals surface area contributed by atoms with Gasteiger partial charge in [-0.1, -0.05) is 11.6 Å². The Bertz CT molecular complexity index is 1410. The highest BCUT2D eigenvalue weighted by Crippen LogP contribution is 2.37. The van der Waals surface area contributed by atoms with Crippen LogP contribution in [-0.4, -0.2) is 43.5 Å². The third-order valence-electron chi connectivity index (χ3n) is 5.84. The molecule has 0 aliphatic heterocycles. The van der Waals surface area contributed by atoms with Crippen molar-refractivity contribution in [2.75, 3.05) is 20.3 Å². The third kappa shape index (κ3) is 8.46. The topological polar surface area (TPSA) is 86.5 Å². The number of halogens is 8. The molecule has 6 nitrogen and oxygen atoms in total. The third-order valence-corrected chi connectivity index (χ3v) is 6.13. The fraction of sp³-hybridized carbons (Fsp3) is 0.333. The molecule has 1 atom stereocenters. The van der Waals surface area contributed by atoms with Crippen molar-refractivity contribution in [2.45, 2.75) is 37.7 Å². The number of carbonyl (C=O) groups is 1. The number of carbonyl (C=O) groups excluding carboxylic acids is 1. The molecule has 14 heteroatoms. The quantitative estimate of drug-likeness (QED) is 0.263. The molecule has 41 heavy (non-hydrogen) atoms. The second kappa shape index (κ2) is 12.1. The molecule has 1 amide bonds. The van der Waals surface area contributed by atoms with Crippen LogP contribution in [0.4, 0.5) is 30.7 Å². The molecular weight excluding hydrogens is 583 g/mol. The Morgan fingerprint density at radius 1 is 1.02 bits per heavy atom. The second-order valence-electron chi connectivity index (χ2n) is 9.59. The van der Waals surface area contributed by atoms with Crippen molar-refractivity contribution >= 4 is 17.5 Å². The Labute approximate surface area is 235 Å². The van der Waals surface area contributed by atoms with E-state index in [0.29, 0.717) is 0 Å². The summed E-state index contributed by atoms with van der Waals surface area (Å²) in [7, 11) is 1.13. The van der Waals surface area contributed by atoms with E-state index in [2.05, 4.69) is 15.0 Å². The Hall–Kier alpha value is -3.58. The minimum absolute atomic E-state index is 0.0534. The fourth-order valence-corrected chi connectivity index (χ4v) is 3.86. The molecule has 0 bridgehead atoms. The number of ether oxygens (including phenoxy) is 2. The number of nitrogens with zero attached hydrogens (tertiary/aromatic N) is 1. The number of hydrogen-bond acceptors (Lipinski definition) is 5. The van der Waals surface area contributed by atoms with Crippen molar-refractivity contribution in [3.63, 3.8) is 0 Å². The minimum atomic E-state index is -4.87. The van der Waals surface area contributed by atoms with E-state index < -0.39 is 54.4 Å². The van der Waals surface area contributed by atoms with Gasteiger partial charge in [0.25, 0.3) is 5.91 Å². The van der Waals surface area contributed by atoms with Gasteiger partial charge in [-0.05, 0) is 67.9 Å². The van der Waals surface area contributed by atoms with E-state index in [1.807, 2.05) is 0 Å². The molecule has 0 fully saturated rings. The van der Waals surface area contributed by atoms with Crippen LogP contribution in [0.3, 0.4) is 0 Å². The summed E-state index contributed by atoms with van der Waals surface area (Å²) in [5, 5.41) is 1.93. The summed E-state index contributed by atoms with van der Waals surface area (Å²) in [5.74, 6) is -4.51. The number of nitrogens with one attached hydrogen (secondary N) is 1. The molecule has 1 aromatic heterocycles. The number of nitrogens with two attached hydrogens (primary N) is 1. The van der Waals surface area contributed by atoms with Crippen LogP contribution in [0.25, 0.3) is 11.3 Å². The van der Waals surface area contributed by atoms with Gasteiger partial charge in [0.2, 0.25) is 0 Å². The molecule has 3 N–H and O–H groups in total. The summed E-state index contributed by atoms with van der Waals surface area (Å²) in [6.45, 7) is 0.600. The smallest absolute Gasteiger partial charge is 0.422 e. The first-order valence-corrected chi connectivity index (χ1v) is 12.3. The van der Waals surface area contributed by atoms with Gasteiger partial charge in [-0.15, -0.1) is 0 Å². The maximum atomic E-state index is 14.3. The molecule has 0 spiro atoms. The normalized spacial score (nSPS) is 13.1. The molecular formula is C27H25ClF7N3O3. The minimum Gasteiger partial charge on any atom is -0.493 e. The van der Waals surface area contributed by atoms with Gasteiger partial charge in [-0.3, -0.25) is 9.78 Å². The van der Waals surface area contributed by atoms with Crippen LogP contribution in [-0.2, 0) is 5.54 Å². The molecule has 3 rings (SSSR count). The average molecular weight is 608 g/mol. The maximum absolute atomic E-state index is 14.3. The van der Waals surface area contributed by atoms with E-state index in [9.17, 15) is 35.5 Å². The molecule has 222 valence electrons. The zero-order valence-corrected chi connectivity index (χ0v) is 22.6. The highest BCUT2D eigenvalue weighted by Gasteiger charge is 2.42. The first-order valence-electron chi connectivity index (χ1n) is 11.9. The van der Waals surface area contributed by atoms with Crippen molar-refractivity contribution in [1.29, 1.82) is 0 Å². The molecule has 3 aromatic rings. The standard InChI is InChI=1S/C27H25ClF7N3O3/c1-25(2,36)16-10-20(14-4-6-19(29)18(28)8-14)38-21(11-16)17(27(33,34)35)12-37-24(39)15-5-7-22(23(9-15)40-3)41-13-26(30,31)32/h4-11,17H,12-13,36H2,1-3H3,(H,37,39). The van der Waals surface area contributed by atoms with E-state index in [-0.39, 0.29) is 38.9 Å². The molecule has 0 aliphatic carbocycles. The predicted molar refractivity (Wildman–Crippen MR) is 138 cm³/mol. The lowest BCUT2D eigenvalue weighted by molar-refractivity contribution is -0.153. The van der Waals surface area contributed by atoms with E-state index >= 15 is 0 Å². The van der Waals surface area contributed by atoms with Gasteiger partial charge >= 0.3 is 12.4 Å². The summed E-state index contributed by atoms with van der Waals surface area (Å²) < 4.78 is 104. The van der Waals surface area contributed by atoms with Crippen LogP contribution in [0.5, 0.6) is 11.5 Å². The Balaban J connectivity index is 1.93. The molecule has 0 saturated heterocycles. The summed E-state index contributed by atoms with van der Waals surface area (Å²) in [4.78, 5) is 16.9. The van der Waals surface area contributed by atoms with Crippen LogP contribution in [0.1, 0.15) is 41.4 Å². The molecule has 0 radical (unpaired) electrons. The number of alkyl halides is 6. The fourth-order valence-electron chi connectivity index (χ4n) is 3.68. The molecule has 1 unspecified atom stereocenters. The van der Waals surface area contributed by atoms with Gasteiger partial charge in [-0.25, -0.2) is 4.39 Å². The van der Waals surface area contributed by atoms with E-state index in [0.717, 1.165) is 31.4 Å². The monoisotopic (exact) mass is 607 g/mol. The number of hydrogen-bond donors (Lipinski definition) is 2. The van der Waals surface area contributed by atoms with Crippen LogP contribution >= 0.6 is 11.6 Å². The first-order chi connectivity index (χ1) is 18.9. The highest BCUT2D eigenvalue weighted by atomic mass is 35.5. The first kappa shape index (κ1) is 31.9. The van der Waals surface area contributed by atoms with Crippen molar-refractivity contribution in [3.8, 4) is 22.8 Å². The van der Waals surface area contributed by atoms with Gasteiger partial charge in [0, 0.05) is 23.2 Å².